The normalized spacial score (nSPS) is 16.6. The van der Waals surface area contributed by atoms with Gasteiger partial charge in [-0.25, -0.2) is 0 Å². The number of benzene rings is 1. The number of aliphatic hydroxyl groups is 1. The molecule has 3 heteroatoms. The fourth-order valence-corrected chi connectivity index (χ4v) is 1.72. The quantitative estimate of drug-likeness (QED) is 0.803. The third-order valence-electron chi connectivity index (χ3n) is 3.37. The fraction of sp³-hybridized carbons (Fsp3) is 0.538. The Hall–Kier alpha value is -1.06. The van der Waals surface area contributed by atoms with Crippen LogP contribution < -0.4 is 10.5 Å². The van der Waals surface area contributed by atoms with Crippen LogP contribution in [0, 0.1) is 5.41 Å². The maximum absolute atomic E-state index is 10.4. The number of ether oxygens (including phenoxy) is 1. The molecule has 0 aliphatic carbocycles. The molecule has 3 N–H and O–H groups in total. The van der Waals surface area contributed by atoms with E-state index in [-0.39, 0.29) is 5.41 Å². The first-order valence-corrected chi connectivity index (χ1v) is 5.60. The van der Waals surface area contributed by atoms with Gasteiger partial charge in [0.1, 0.15) is 5.75 Å². The van der Waals surface area contributed by atoms with E-state index in [1.54, 1.807) is 7.11 Å². The monoisotopic (exact) mass is 223 g/mol. The highest BCUT2D eigenvalue weighted by Crippen LogP contribution is 2.39. The van der Waals surface area contributed by atoms with Crippen molar-refractivity contribution in [1.29, 1.82) is 0 Å². The molecule has 0 heterocycles. The number of para-hydroxylation sites is 1. The first-order valence-electron chi connectivity index (χ1n) is 5.60. The van der Waals surface area contributed by atoms with Gasteiger partial charge in [0, 0.05) is 17.5 Å². The van der Waals surface area contributed by atoms with Crippen LogP contribution in [0.4, 0.5) is 0 Å². The van der Waals surface area contributed by atoms with Crippen LogP contribution in [0.2, 0.25) is 0 Å². The van der Waals surface area contributed by atoms with Crippen molar-refractivity contribution in [2.24, 2.45) is 11.1 Å². The third kappa shape index (κ3) is 2.36. The molecule has 0 spiro atoms. The van der Waals surface area contributed by atoms with Crippen LogP contribution in [0.15, 0.2) is 24.3 Å². The summed E-state index contributed by atoms with van der Waals surface area (Å²) in [6, 6.07) is 7.52. The highest BCUT2D eigenvalue weighted by atomic mass is 16.5. The van der Waals surface area contributed by atoms with E-state index >= 15 is 0 Å². The molecule has 2 atom stereocenters. The van der Waals surface area contributed by atoms with E-state index < -0.39 is 6.10 Å². The molecule has 0 saturated carbocycles. The van der Waals surface area contributed by atoms with Crippen molar-refractivity contribution >= 4 is 0 Å². The van der Waals surface area contributed by atoms with Gasteiger partial charge in [0.2, 0.25) is 0 Å². The smallest absolute Gasteiger partial charge is 0.124 e. The number of nitrogens with two attached hydrogens (primary N) is 1. The molecule has 3 nitrogen and oxygen atoms in total. The average Bonchev–Trinajstić information content (AvgIpc) is 2.36. The van der Waals surface area contributed by atoms with Gasteiger partial charge in [-0.05, 0) is 12.5 Å². The number of aliphatic hydroxyl groups excluding tert-OH is 1. The SMILES string of the molecule is CCC(C)(CN)C(O)c1ccccc1OC. The molecule has 0 aliphatic heterocycles. The Kier molecular flexibility index (Phi) is 4.33. The van der Waals surface area contributed by atoms with Crippen molar-refractivity contribution in [3.8, 4) is 5.75 Å². The summed E-state index contributed by atoms with van der Waals surface area (Å²) < 4.78 is 5.25. The van der Waals surface area contributed by atoms with E-state index in [0.29, 0.717) is 12.3 Å². The average molecular weight is 223 g/mol. The number of hydrogen-bond donors (Lipinski definition) is 2. The minimum atomic E-state index is -0.598. The zero-order valence-electron chi connectivity index (χ0n) is 10.2. The number of rotatable bonds is 5. The Morgan fingerprint density at radius 2 is 2.06 bits per heavy atom. The molecule has 1 aromatic carbocycles. The standard InChI is InChI=1S/C13H21NO2/c1-4-13(2,9-14)12(15)10-7-5-6-8-11(10)16-3/h5-8,12,15H,4,9,14H2,1-3H3. The molecular weight excluding hydrogens is 202 g/mol. The maximum atomic E-state index is 10.4. The van der Waals surface area contributed by atoms with Crippen molar-refractivity contribution < 1.29 is 9.84 Å². The van der Waals surface area contributed by atoms with Crippen molar-refractivity contribution in [1.82, 2.24) is 0 Å². The van der Waals surface area contributed by atoms with Gasteiger partial charge in [0.05, 0.1) is 13.2 Å². The van der Waals surface area contributed by atoms with Gasteiger partial charge in [0.15, 0.2) is 0 Å². The van der Waals surface area contributed by atoms with E-state index in [1.165, 1.54) is 0 Å². The zero-order valence-corrected chi connectivity index (χ0v) is 10.2. The minimum Gasteiger partial charge on any atom is -0.496 e. The summed E-state index contributed by atoms with van der Waals surface area (Å²) in [4.78, 5) is 0. The summed E-state index contributed by atoms with van der Waals surface area (Å²) in [5, 5.41) is 10.4. The van der Waals surface area contributed by atoms with E-state index in [0.717, 1.165) is 12.0 Å². The Balaban J connectivity index is 3.08. The number of methoxy groups -OCH3 is 1. The summed E-state index contributed by atoms with van der Waals surface area (Å²) in [6.07, 6.45) is 0.224. The van der Waals surface area contributed by atoms with E-state index in [2.05, 4.69) is 0 Å². The van der Waals surface area contributed by atoms with Gasteiger partial charge in [0.25, 0.3) is 0 Å². The van der Waals surface area contributed by atoms with Crippen molar-refractivity contribution in [3.05, 3.63) is 29.8 Å². The Morgan fingerprint density at radius 3 is 2.56 bits per heavy atom. The third-order valence-corrected chi connectivity index (χ3v) is 3.37. The van der Waals surface area contributed by atoms with Crippen LogP contribution in [-0.4, -0.2) is 18.8 Å². The molecule has 0 fully saturated rings. The molecule has 0 bridgehead atoms. The molecule has 1 aromatic rings. The lowest BCUT2D eigenvalue weighted by Gasteiger charge is -2.33. The largest absolute Gasteiger partial charge is 0.496 e. The molecule has 0 amide bonds. The molecule has 0 radical (unpaired) electrons. The Morgan fingerprint density at radius 1 is 1.44 bits per heavy atom. The molecule has 16 heavy (non-hydrogen) atoms. The van der Waals surface area contributed by atoms with Gasteiger partial charge in [-0.3, -0.25) is 0 Å². The second-order valence-corrected chi connectivity index (χ2v) is 4.36. The van der Waals surface area contributed by atoms with Crippen LogP contribution >= 0.6 is 0 Å². The summed E-state index contributed by atoms with van der Waals surface area (Å²) in [6.45, 7) is 4.47. The predicted molar refractivity (Wildman–Crippen MR) is 65.4 cm³/mol. The van der Waals surface area contributed by atoms with Gasteiger partial charge >= 0.3 is 0 Å². The summed E-state index contributed by atoms with van der Waals surface area (Å²) >= 11 is 0. The van der Waals surface area contributed by atoms with Gasteiger partial charge in [-0.15, -0.1) is 0 Å². The molecule has 0 aliphatic rings. The second-order valence-electron chi connectivity index (χ2n) is 4.36. The van der Waals surface area contributed by atoms with E-state index in [4.69, 9.17) is 10.5 Å². The van der Waals surface area contributed by atoms with Gasteiger partial charge in [-0.2, -0.15) is 0 Å². The zero-order chi connectivity index (χ0) is 12.2. The van der Waals surface area contributed by atoms with Crippen LogP contribution in [0.3, 0.4) is 0 Å². The molecule has 1 rings (SSSR count). The lowest BCUT2D eigenvalue weighted by Crippen LogP contribution is -2.33. The highest BCUT2D eigenvalue weighted by Gasteiger charge is 2.32. The van der Waals surface area contributed by atoms with Crippen LogP contribution in [0.5, 0.6) is 5.75 Å². The van der Waals surface area contributed by atoms with Crippen molar-refractivity contribution in [2.75, 3.05) is 13.7 Å². The van der Waals surface area contributed by atoms with Gasteiger partial charge in [-0.1, -0.05) is 32.0 Å². The minimum absolute atomic E-state index is 0.311. The fourth-order valence-electron chi connectivity index (χ4n) is 1.72. The number of hydrogen-bond acceptors (Lipinski definition) is 3. The van der Waals surface area contributed by atoms with Crippen LogP contribution in [0.1, 0.15) is 31.9 Å². The topological polar surface area (TPSA) is 55.5 Å². The van der Waals surface area contributed by atoms with Crippen molar-refractivity contribution in [2.45, 2.75) is 26.4 Å². The summed E-state index contributed by atoms with van der Waals surface area (Å²) in [7, 11) is 1.61. The summed E-state index contributed by atoms with van der Waals surface area (Å²) in [5.74, 6) is 0.711. The predicted octanol–water partition coefficient (Wildman–Crippen LogP) is 2.10. The van der Waals surface area contributed by atoms with E-state index in [9.17, 15) is 5.11 Å². The first kappa shape index (κ1) is 13.0. The van der Waals surface area contributed by atoms with Gasteiger partial charge < -0.3 is 15.6 Å². The Bertz CT molecular complexity index is 334. The van der Waals surface area contributed by atoms with Crippen LogP contribution in [0.25, 0.3) is 0 Å². The van der Waals surface area contributed by atoms with Crippen molar-refractivity contribution in [3.63, 3.8) is 0 Å². The molecule has 90 valence electrons. The second kappa shape index (κ2) is 5.32. The lowest BCUT2D eigenvalue weighted by molar-refractivity contribution is 0.0373. The first-order chi connectivity index (χ1) is 7.59. The highest BCUT2D eigenvalue weighted by molar-refractivity contribution is 5.36. The molecule has 0 saturated heterocycles. The van der Waals surface area contributed by atoms with Crippen LogP contribution in [-0.2, 0) is 0 Å². The summed E-state index contributed by atoms with van der Waals surface area (Å²) in [5.41, 5.74) is 6.24. The Labute approximate surface area is 97.2 Å². The molecule has 0 aromatic heterocycles. The maximum Gasteiger partial charge on any atom is 0.124 e. The van der Waals surface area contributed by atoms with E-state index in [1.807, 2.05) is 38.1 Å². The molecular formula is C13H21NO2. The lowest BCUT2D eigenvalue weighted by atomic mass is 9.78. The molecule has 2 unspecified atom stereocenters.